The summed E-state index contributed by atoms with van der Waals surface area (Å²) in [6.45, 7) is 7.74. The summed E-state index contributed by atoms with van der Waals surface area (Å²) in [7, 11) is 0. The van der Waals surface area contributed by atoms with E-state index in [1.54, 1.807) is 13.8 Å². The lowest BCUT2D eigenvalue weighted by molar-refractivity contribution is -0.120. The van der Waals surface area contributed by atoms with Gasteiger partial charge >= 0.3 is 0 Å². The maximum absolute atomic E-state index is 10.6. The molecule has 1 N–H and O–H groups in total. The number of ketones is 1. The van der Waals surface area contributed by atoms with Crippen LogP contribution < -0.4 is 0 Å². The molecule has 0 radical (unpaired) electrons. The van der Waals surface area contributed by atoms with Crippen molar-refractivity contribution in [3.63, 3.8) is 0 Å². The Balaban J connectivity index is 0. The van der Waals surface area contributed by atoms with Gasteiger partial charge in [0.1, 0.15) is 5.78 Å². The van der Waals surface area contributed by atoms with Crippen LogP contribution in [0.2, 0.25) is 0 Å². The predicted octanol–water partition coefficient (Wildman–Crippen LogP) is 2.40. The summed E-state index contributed by atoms with van der Waals surface area (Å²) < 4.78 is 0. The van der Waals surface area contributed by atoms with Crippen molar-refractivity contribution in [3.05, 3.63) is 0 Å². The number of aliphatic hydroxyl groups excluding tert-OH is 1. The minimum Gasteiger partial charge on any atom is -0.397 e. The van der Waals surface area contributed by atoms with Gasteiger partial charge in [-0.25, -0.2) is 0 Å². The molecule has 0 aliphatic rings. The molecule has 0 fully saturated rings. The van der Waals surface area contributed by atoms with Gasteiger partial charge in [0.25, 0.3) is 0 Å². The van der Waals surface area contributed by atoms with Crippen molar-refractivity contribution in [2.75, 3.05) is 6.61 Å². The minimum atomic E-state index is 0.250. The highest BCUT2D eigenvalue weighted by atomic mass is 16.2. The number of hydrogen-bond donors (Lipinski definition) is 1. The lowest BCUT2D eigenvalue weighted by Crippen LogP contribution is -2.05. The van der Waals surface area contributed by atoms with Crippen LogP contribution in [0.5, 0.6) is 0 Å². The van der Waals surface area contributed by atoms with E-state index in [4.69, 9.17) is 5.11 Å². The highest BCUT2D eigenvalue weighted by molar-refractivity contribution is 5.77. The Morgan fingerprint density at radius 2 is 1.83 bits per heavy atom. The number of carbonyl (C=O) groups excluding carboxylic acids is 1. The second-order valence-electron chi connectivity index (χ2n) is 2.97. The molecule has 12 heavy (non-hydrogen) atoms. The van der Waals surface area contributed by atoms with Crippen molar-refractivity contribution in [1.29, 1.82) is 0 Å². The Labute approximate surface area is 76.0 Å². The predicted molar refractivity (Wildman–Crippen MR) is 52.1 cm³/mol. The molecule has 0 aliphatic heterocycles. The van der Waals surface area contributed by atoms with Crippen molar-refractivity contribution in [3.8, 4) is 0 Å². The Hall–Kier alpha value is -0.370. The van der Waals surface area contributed by atoms with Crippen LogP contribution in [-0.4, -0.2) is 17.5 Å². The molecule has 0 aliphatic carbocycles. The number of rotatable bonds is 4. The standard InChI is InChI=1S/C8H16O.C2H6O/c1-4-5-6-7(2)8(3)9;1-2-3/h7H,4-6H2,1-3H3;3H,2H2,1H3. The number of Topliss-reactive ketones (excluding diaryl/α,β-unsaturated/α-hetero) is 1. The third-order valence-electron chi connectivity index (χ3n) is 1.68. The van der Waals surface area contributed by atoms with Crippen molar-refractivity contribution < 1.29 is 9.90 Å². The van der Waals surface area contributed by atoms with Gasteiger partial charge in [-0.15, -0.1) is 0 Å². The van der Waals surface area contributed by atoms with Gasteiger partial charge in [0.15, 0.2) is 0 Å². The van der Waals surface area contributed by atoms with Crippen LogP contribution in [0.15, 0.2) is 0 Å². The third-order valence-corrected chi connectivity index (χ3v) is 1.68. The molecule has 0 amide bonds. The average molecular weight is 174 g/mol. The van der Waals surface area contributed by atoms with Gasteiger partial charge in [-0.05, 0) is 20.3 Å². The van der Waals surface area contributed by atoms with E-state index in [0.717, 1.165) is 6.42 Å². The van der Waals surface area contributed by atoms with Crippen LogP contribution in [0, 0.1) is 5.92 Å². The molecule has 0 bridgehead atoms. The summed E-state index contributed by atoms with van der Waals surface area (Å²) in [4.78, 5) is 10.6. The Morgan fingerprint density at radius 1 is 1.42 bits per heavy atom. The zero-order valence-electron chi connectivity index (χ0n) is 8.76. The molecule has 0 rings (SSSR count). The van der Waals surface area contributed by atoms with Gasteiger partial charge in [0.05, 0.1) is 0 Å². The molecule has 1 atom stereocenters. The number of aliphatic hydroxyl groups is 1. The van der Waals surface area contributed by atoms with E-state index in [9.17, 15) is 4.79 Å². The van der Waals surface area contributed by atoms with E-state index in [1.165, 1.54) is 12.8 Å². The van der Waals surface area contributed by atoms with E-state index in [1.807, 2.05) is 6.92 Å². The van der Waals surface area contributed by atoms with Crippen molar-refractivity contribution in [2.45, 2.75) is 47.0 Å². The van der Waals surface area contributed by atoms with Gasteiger partial charge in [0.2, 0.25) is 0 Å². The lowest BCUT2D eigenvalue weighted by Gasteiger charge is -2.03. The van der Waals surface area contributed by atoms with E-state index < -0.39 is 0 Å². The minimum absolute atomic E-state index is 0.250. The van der Waals surface area contributed by atoms with E-state index in [-0.39, 0.29) is 12.5 Å². The highest BCUT2D eigenvalue weighted by Gasteiger charge is 2.04. The summed E-state index contributed by atoms with van der Waals surface area (Å²) >= 11 is 0. The highest BCUT2D eigenvalue weighted by Crippen LogP contribution is 2.07. The van der Waals surface area contributed by atoms with Crippen LogP contribution in [0.3, 0.4) is 0 Å². The first-order chi connectivity index (χ1) is 5.59. The Morgan fingerprint density at radius 3 is 2.08 bits per heavy atom. The number of hydrogen-bond acceptors (Lipinski definition) is 2. The zero-order chi connectivity index (χ0) is 9.98. The summed E-state index contributed by atoms with van der Waals surface area (Å²) in [5.74, 6) is 0.605. The fourth-order valence-corrected chi connectivity index (χ4v) is 0.714. The summed E-state index contributed by atoms with van der Waals surface area (Å²) in [5, 5.41) is 7.57. The van der Waals surface area contributed by atoms with Gasteiger partial charge in [-0.2, -0.15) is 0 Å². The van der Waals surface area contributed by atoms with E-state index in [2.05, 4.69) is 6.92 Å². The van der Waals surface area contributed by atoms with Gasteiger partial charge < -0.3 is 5.11 Å². The summed E-state index contributed by atoms with van der Waals surface area (Å²) in [5.41, 5.74) is 0. The average Bonchev–Trinajstić information content (AvgIpc) is 2.01. The Bertz CT molecular complexity index is 100. The molecule has 0 saturated carbocycles. The van der Waals surface area contributed by atoms with Crippen molar-refractivity contribution in [1.82, 2.24) is 0 Å². The number of carbonyl (C=O) groups is 1. The fourth-order valence-electron chi connectivity index (χ4n) is 0.714. The SMILES string of the molecule is CCCCC(C)C(C)=O.CCO. The first-order valence-corrected chi connectivity index (χ1v) is 4.71. The normalized spacial score (nSPS) is 11.4. The van der Waals surface area contributed by atoms with Crippen molar-refractivity contribution >= 4 is 5.78 Å². The molecule has 2 nitrogen and oxygen atoms in total. The van der Waals surface area contributed by atoms with Gasteiger partial charge in [-0.3, -0.25) is 4.79 Å². The Kier molecular flexibility index (Phi) is 12.6. The largest absolute Gasteiger partial charge is 0.397 e. The summed E-state index contributed by atoms with van der Waals surface area (Å²) in [6.07, 6.45) is 3.43. The second kappa shape index (κ2) is 10.6. The van der Waals surface area contributed by atoms with Crippen LogP contribution in [-0.2, 0) is 4.79 Å². The molecule has 1 unspecified atom stereocenters. The molecule has 0 spiro atoms. The maximum atomic E-state index is 10.6. The zero-order valence-corrected chi connectivity index (χ0v) is 8.76. The smallest absolute Gasteiger partial charge is 0.132 e. The third kappa shape index (κ3) is 12.3. The first-order valence-electron chi connectivity index (χ1n) is 4.71. The molecule has 0 saturated heterocycles. The topological polar surface area (TPSA) is 37.3 Å². The van der Waals surface area contributed by atoms with Crippen LogP contribution in [0.1, 0.15) is 47.0 Å². The fraction of sp³-hybridized carbons (Fsp3) is 0.900. The van der Waals surface area contributed by atoms with Crippen molar-refractivity contribution in [2.24, 2.45) is 5.92 Å². The van der Waals surface area contributed by atoms with Gasteiger partial charge in [-0.1, -0.05) is 26.7 Å². The number of unbranched alkanes of at least 4 members (excludes halogenated alkanes) is 1. The van der Waals surface area contributed by atoms with Crippen LogP contribution in [0.25, 0.3) is 0 Å². The molecule has 0 heterocycles. The maximum Gasteiger partial charge on any atom is 0.132 e. The molecular formula is C10H22O2. The molecule has 74 valence electrons. The molecule has 0 aromatic heterocycles. The van der Waals surface area contributed by atoms with E-state index in [0.29, 0.717) is 5.78 Å². The molecule has 0 aromatic carbocycles. The summed E-state index contributed by atoms with van der Waals surface area (Å²) in [6, 6.07) is 0. The van der Waals surface area contributed by atoms with Gasteiger partial charge in [0, 0.05) is 12.5 Å². The molecule has 0 aromatic rings. The lowest BCUT2D eigenvalue weighted by atomic mass is 10.0. The molecular weight excluding hydrogens is 152 g/mol. The quantitative estimate of drug-likeness (QED) is 0.710. The first kappa shape index (κ1) is 14.2. The monoisotopic (exact) mass is 174 g/mol. The van der Waals surface area contributed by atoms with E-state index >= 15 is 0 Å². The van der Waals surface area contributed by atoms with Crippen LogP contribution >= 0.6 is 0 Å². The van der Waals surface area contributed by atoms with Crippen LogP contribution in [0.4, 0.5) is 0 Å². The molecule has 2 heteroatoms. The second-order valence-corrected chi connectivity index (χ2v) is 2.97.